The molecule has 0 atom stereocenters. The molecule has 0 heterocycles. The summed E-state index contributed by atoms with van der Waals surface area (Å²) in [5.41, 5.74) is 8.69. The summed E-state index contributed by atoms with van der Waals surface area (Å²) < 4.78 is 2.19. The Balaban J connectivity index is 1.86. The van der Waals surface area contributed by atoms with Gasteiger partial charge in [-0.3, -0.25) is 0 Å². The smallest absolute Gasteiger partial charge is 0.0616 e. The highest BCUT2D eigenvalue weighted by molar-refractivity contribution is 9.10. The van der Waals surface area contributed by atoms with E-state index in [0.29, 0.717) is 0 Å². The van der Waals surface area contributed by atoms with Gasteiger partial charge in [-0.2, -0.15) is 0 Å². The van der Waals surface area contributed by atoms with Crippen molar-refractivity contribution < 1.29 is 0 Å². The van der Waals surface area contributed by atoms with Crippen molar-refractivity contribution >= 4 is 42.6 Å². The second kappa shape index (κ2) is 7.43. The van der Waals surface area contributed by atoms with E-state index in [2.05, 4.69) is 142 Å². The van der Waals surface area contributed by atoms with Crippen LogP contribution in [-0.4, -0.2) is 0 Å². The molecule has 0 N–H and O–H groups in total. The molecule has 154 valence electrons. The lowest BCUT2D eigenvalue weighted by Gasteiger charge is -2.35. The van der Waals surface area contributed by atoms with Gasteiger partial charge < -0.3 is 0 Å². The first-order chi connectivity index (χ1) is 15.6. The summed E-state index contributed by atoms with van der Waals surface area (Å²) in [4.78, 5) is 0. The lowest BCUT2D eigenvalue weighted by atomic mass is 9.66. The number of fused-ring (bicyclic) bond motifs is 4. The van der Waals surface area contributed by atoms with Gasteiger partial charge in [0.25, 0.3) is 0 Å². The number of rotatable bonds is 2. The topological polar surface area (TPSA) is 0 Å². The largest absolute Gasteiger partial charge is 0.0720 e. The minimum atomic E-state index is -0.410. The molecule has 32 heavy (non-hydrogen) atoms. The zero-order chi connectivity index (χ0) is 21.9. The molecule has 0 saturated carbocycles. The highest BCUT2D eigenvalue weighted by atomic mass is 79.9. The monoisotopic (exact) mass is 538 g/mol. The van der Waals surface area contributed by atoms with E-state index in [-0.39, 0.29) is 0 Å². The maximum absolute atomic E-state index is 3.77. The molecule has 0 amide bonds. The lowest BCUT2D eigenvalue weighted by Crippen LogP contribution is -2.29. The highest BCUT2D eigenvalue weighted by Gasteiger charge is 2.47. The SMILES string of the molecule is Cc1ccc(C2(c3cccc4ccccc34)c3cc(Br)ccc3-c3ccc(Br)cc32)cc1. The summed E-state index contributed by atoms with van der Waals surface area (Å²) in [7, 11) is 0. The van der Waals surface area contributed by atoms with Gasteiger partial charge in [-0.05, 0) is 75.3 Å². The Kier molecular flexibility index (Phi) is 4.64. The van der Waals surface area contributed by atoms with Crippen LogP contribution in [0.1, 0.15) is 27.8 Å². The van der Waals surface area contributed by atoms with Crippen LogP contribution in [0.5, 0.6) is 0 Å². The van der Waals surface area contributed by atoms with Gasteiger partial charge in [0.1, 0.15) is 0 Å². The van der Waals surface area contributed by atoms with Gasteiger partial charge in [-0.25, -0.2) is 0 Å². The van der Waals surface area contributed by atoms with Gasteiger partial charge in [-0.1, -0.05) is 116 Å². The Labute approximate surface area is 205 Å². The van der Waals surface area contributed by atoms with Gasteiger partial charge >= 0.3 is 0 Å². The first-order valence-electron chi connectivity index (χ1n) is 10.7. The van der Waals surface area contributed by atoms with Crippen LogP contribution in [0.25, 0.3) is 21.9 Å². The van der Waals surface area contributed by atoms with Crippen LogP contribution in [0.15, 0.2) is 112 Å². The number of benzene rings is 5. The third kappa shape index (κ3) is 2.79. The highest BCUT2D eigenvalue weighted by Crippen LogP contribution is 2.58. The van der Waals surface area contributed by atoms with Crippen LogP contribution in [-0.2, 0) is 5.41 Å². The molecule has 5 aromatic rings. The molecule has 0 unspecified atom stereocenters. The number of hydrogen-bond acceptors (Lipinski definition) is 0. The Morgan fingerprint density at radius 1 is 0.562 bits per heavy atom. The minimum Gasteiger partial charge on any atom is -0.0616 e. The van der Waals surface area contributed by atoms with E-state index in [1.54, 1.807) is 0 Å². The Morgan fingerprint density at radius 3 is 1.81 bits per heavy atom. The van der Waals surface area contributed by atoms with Crippen molar-refractivity contribution in [2.75, 3.05) is 0 Å². The fourth-order valence-electron chi connectivity index (χ4n) is 5.38. The molecular weight excluding hydrogens is 520 g/mol. The van der Waals surface area contributed by atoms with Gasteiger partial charge in [-0.15, -0.1) is 0 Å². The second-order valence-electron chi connectivity index (χ2n) is 8.52. The fraction of sp³-hybridized carbons (Fsp3) is 0.0667. The quantitative estimate of drug-likeness (QED) is 0.206. The maximum Gasteiger partial charge on any atom is 0.0720 e. The van der Waals surface area contributed by atoms with Crippen LogP contribution in [0.4, 0.5) is 0 Å². The third-order valence-corrected chi connectivity index (χ3v) is 7.73. The summed E-state index contributed by atoms with van der Waals surface area (Å²) in [6.07, 6.45) is 0. The molecule has 0 saturated heterocycles. The van der Waals surface area contributed by atoms with E-state index in [9.17, 15) is 0 Å². The zero-order valence-corrected chi connectivity index (χ0v) is 20.7. The van der Waals surface area contributed by atoms with E-state index < -0.39 is 5.41 Å². The molecular formula is C30H20Br2. The van der Waals surface area contributed by atoms with Crippen molar-refractivity contribution in [2.24, 2.45) is 0 Å². The van der Waals surface area contributed by atoms with Crippen LogP contribution in [0.2, 0.25) is 0 Å². The summed E-state index contributed by atoms with van der Waals surface area (Å²) in [6, 6.07) is 38.0. The van der Waals surface area contributed by atoms with Crippen LogP contribution in [0, 0.1) is 6.92 Å². The molecule has 0 spiro atoms. The maximum atomic E-state index is 3.77. The van der Waals surface area contributed by atoms with Crippen LogP contribution < -0.4 is 0 Å². The molecule has 0 aromatic heterocycles. The van der Waals surface area contributed by atoms with Crippen LogP contribution >= 0.6 is 31.9 Å². The van der Waals surface area contributed by atoms with Crippen molar-refractivity contribution in [1.82, 2.24) is 0 Å². The van der Waals surface area contributed by atoms with E-state index >= 15 is 0 Å². The van der Waals surface area contributed by atoms with Gasteiger partial charge in [0, 0.05) is 8.95 Å². The molecule has 1 aliphatic carbocycles. The first-order valence-corrected chi connectivity index (χ1v) is 12.3. The Bertz CT molecular complexity index is 1440. The summed E-state index contributed by atoms with van der Waals surface area (Å²) in [5.74, 6) is 0. The van der Waals surface area contributed by atoms with Crippen molar-refractivity contribution in [2.45, 2.75) is 12.3 Å². The predicted molar refractivity (Wildman–Crippen MR) is 141 cm³/mol. The van der Waals surface area contributed by atoms with Gasteiger partial charge in [0.2, 0.25) is 0 Å². The van der Waals surface area contributed by atoms with Gasteiger partial charge in [0.15, 0.2) is 0 Å². The first kappa shape index (κ1) is 20.0. The van der Waals surface area contributed by atoms with E-state index in [4.69, 9.17) is 0 Å². The predicted octanol–water partition coefficient (Wildman–Crippen LogP) is 9.04. The number of aryl methyl sites for hydroxylation is 1. The minimum absolute atomic E-state index is 0.410. The van der Waals surface area contributed by atoms with Crippen molar-refractivity contribution in [1.29, 1.82) is 0 Å². The molecule has 0 nitrogen and oxygen atoms in total. The molecule has 0 fully saturated rings. The van der Waals surface area contributed by atoms with E-state index in [0.717, 1.165) is 8.95 Å². The molecule has 2 heteroatoms. The third-order valence-electron chi connectivity index (χ3n) is 6.74. The molecule has 6 rings (SSSR count). The summed E-state index contributed by atoms with van der Waals surface area (Å²) in [6.45, 7) is 2.15. The van der Waals surface area contributed by atoms with E-state index in [1.807, 2.05) is 0 Å². The van der Waals surface area contributed by atoms with E-state index in [1.165, 1.54) is 49.7 Å². The summed E-state index contributed by atoms with van der Waals surface area (Å²) in [5, 5.41) is 2.55. The fourth-order valence-corrected chi connectivity index (χ4v) is 6.10. The summed E-state index contributed by atoms with van der Waals surface area (Å²) >= 11 is 7.55. The molecule has 0 radical (unpaired) electrons. The van der Waals surface area contributed by atoms with Gasteiger partial charge in [0.05, 0.1) is 5.41 Å². The number of hydrogen-bond donors (Lipinski definition) is 0. The van der Waals surface area contributed by atoms with Crippen molar-refractivity contribution in [3.05, 3.63) is 140 Å². The zero-order valence-electron chi connectivity index (χ0n) is 17.6. The molecule has 5 aromatic carbocycles. The van der Waals surface area contributed by atoms with Crippen molar-refractivity contribution in [3.63, 3.8) is 0 Å². The normalized spacial score (nSPS) is 13.7. The average Bonchev–Trinajstić information content (AvgIpc) is 3.08. The number of halogens is 2. The van der Waals surface area contributed by atoms with Crippen molar-refractivity contribution in [3.8, 4) is 11.1 Å². The molecule has 0 bridgehead atoms. The second-order valence-corrected chi connectivity index (χ2v) is 10.4. The Morgan fingerprint density at radius 2 is 1.16 bits per heavy atom. The molecule has 1 aliphatic rings. The Hall–Kier alpha value is -2.68. The molecule has 0 aliphatic heterocycles. The standard InChI is InChI=1S/C30H20Br2/c1-19-9-11-21(12-10-19)30(27-8-4-6-20-5-2-3-7-24(20)27)28-17-22(31)13-15-25(28)26-16-14-23(32)18-29(26)30/h2-18H,1H3. The van der Waals surface area contributed by atoms with Crippen LogP contribution in [0.3, 0.4) is 0 Å². The average molecular weight is 540 g/mol. The lowest BCUT2D eigenvalue weighted by molar-refractivity contribution is 0.774.